The van der Waals surface area contributed by atoms with Crippen molar-refractivity contribution in [1.82, 2.24) is 9.88 Å². The Bertz CT molecular complexity index is 478. The van der Waals surface area contributed by atoms with Gasteiger partial charge in [0.1, 0.15) is 11.2 Å². The van der Waals surface area contributed by atoms with Crippen LogP contribution in [-0.2, 0) is 4.79 Å². The first-order valence-corrected chi connectivity index (χ1v) is 6.13. The second kappa shape index (κ2) is 5.35. The van der Waals surface area contributed by atoms with Crippen LogP contribution < -0.4 is 0 Å². The van der Waals surface area contributed by atoms with Crippen LogP contribution in [0.4, 0.5) is 0 Å². The number of halogens is 1. The second-order valence-corrected chi connectivity index (χ2v) is 4.55. The average Bonchev–Trinajstić information content (AvgIpc) is 2.38. The molecule has 2 rings (SSSR count). The van der Waals surface area contributed by atoms with E-state index in [4.69, 9.17) is 16.7 Å². The van der Waals surface area contributed by atoms with Gasteiger partial charge in [-0.15, -0.1) is 0 Å². The summed E-state index contributed by atoms with van der Waals surface area (Å²) in [7, 11) is 0. The van der Waals surface area contributed by atoms with Gasteiger partial charge < -0.3 is 10.0 Å². The molecule has 0 unspecified atom stereocenters. The molecule has 1 saturated heterocycles. The molecule has 96 valence electrons. The Morgan fingerprint density at radius 2 is 2.22 bits per heavy atom. The number of hydrogen-bond acceptors (Lipinski definition) is 3. The molecule has 1 N–H and O–H groups in total. The third kappa shape index (κ3) is 2.46. The van der Waals surface area contributed by atoms with Crippen molar-refractivity contribution in [2.45, 2.75) is 25.3 Å². The quantitative estimate of drug-likeness (QED) is 0.831. The maximum absolute atomic E-state index is 12.3. The van der Waals surface area contributed by atoms with Gasteiger partial charge in [0.15, 0.2) is 0 Å². The molecule has 1 atom stereocenters. The number of carbonyl (C=O) groups is 2. The standard InChI is InChI=1S/C12H13ClN2O3/c13-10-8(4-3-6-14-10)11(16)15-7-2-1-5-9(15)12(17)18/h3-4,6,9H,1-2,5,7H2,(H,17,18)/t9-/m1/s1. The number of carboxylic acid groups (broad SMARTS) is 1. The molecule has 1 fully saturated rings. The van der Waals surface area contributed by atoms with Crippen LogP contribution in [0.1, 0.15) is 29.6 Å². The third-order valence-electron chi connectivity index (χ3n) is 3.04. The lowest BCUT2D eigenvalue weighted by Gasteiger charge is -2.33. The third-order valence-corrected chi connectivity index (χ3v) is 3.34. The number of rotatable bonds is 2. The minimum Gasteiger partial charge on any atom is -0.480 e. The molecular weight excluding hydrogens is 256 g/mol. The van der Waals surface area contributed by atoms with Gasteiger partial charge in [-0.05, 0) is 31.4 Å². The van der Waals surface area contributed by atoms with Crippen molar-refractivity contribution in [3.05, 3.63) is 29.0 Å². The monoisotopic (exact) mass is 268 g/mol. The molecule has 0 bridgehead atoms. The average molecular weight is 269 g/mol. The maximum Gasteiger partial charge on any atom is 0.326 e. The molecular formula is C12H13ClN2O3. The molecule has 0 radical (unpaired) electrons. The maximum atomic E-state index is 12.3. The molecule has 0 aromatic carbocycles. The Morgan fingerprint density at radius 1 is 1.44 bits per heavy atom. The molecule has 2 heterocycles. The lowest BCUT2D eigenvalue weighted by Crippen LogP contribution is -2.48. The number of likely N-dealkylation sites (tertiary alicyclic amines) is 1. The van der Waals surface area contributed by atoms with Gasteiger partial charge in [-0.2, -0.15) is 0 Å². The molecule has 1 aliphatic rings. The van der Waals surface area contributed by atoms with Crippen LogP contribution in [0.3, 0.4) is 0 Å². The molecule has 1 aliphatic heterocycles. The van der Waals surface area contributed by atoms with Gasteiger partial charge >= 0.3 is 5.97 Å². The summed E-state index contributed by atoms with van der Waals surface area (Å²) in [6, 6.07) is 2.41. The molecule has 5 nitrogen and oxygen atoms in total. The van der Waals surface area contributed by atoms with E-state index < -0.39 is 12.0 Å². The van der Waals surface area contributed by atoms with Crippen LogP contribution >= 0.6 is 11.6 Å². The summed E-state index contributed by atoms with van der Waals surface area (Å²) in [5, 5.41) is 9.24. The van der Waals surface area contributed by atoms with Crippen LogP contribution in [0.25, 0.3) is 0 Å². The molecule has 0 saturated carbocycles. The Labute approximate surface area is 109 Å². The zero-order chi connectivity index (χ0) is 13.1. The van der Waals surface area contributed by atoms with Crippen molar-refractivity contribution in [1.29, 1.82) is 0 Å². The van der Waals surface area contributed by atoms with Crippen LogP contribution in [-0.4, -0.2) is 39.5 Å². The van der Waals surface area contributed by atoms with E-state index in [1.165, 1.54) is 11.1 Å². The van der Waals surface area contributed by atoms with Gasteiger partial charge in [-0.25, -0.2) is 9.78 Å². The smallest absolute Gasteiger partial charge is 0.326 e. The van der Waals surface area contributed by atoms with E-state index in [0.29, 0.717) is 13.0 Å². The van der Waals surface area contributed by atoms with Crippen LogP contribution in [0, 0.1) is 0 Å². The van der Waals surface area contributed by atoms with E-state index in [2.05, 4.69) is 4.98 Å². The van der Waals surface area contributed by atoms with Crippen molar-refractivity contribution in [3.8, 4) is 0 Å². The summed E-state index contributed by atoms with van der Waals surface area (Å²) in [5.41, 5.74) is 0.257. The number of amides is 1. The number of pyridine rings is 1. The van der Waals surface area contributed by atoms with Gasteiger partial charge in [-0.1, -0.05) is 11.6 Å². The number of carboxylic acids is 1. The van der Waals surface area contributed by atoms with E-state index in [1.54, 1.807) is 12.1 Å². The van der Waals surface area contributed by atoms with Gasteiger partial charge in [0.2, 0.25) is 0 Å². The van der Waals surface area contributed by atoms with Crippen molar-refractivity contribution in [2.75, 3.05) is 6.54 Å². The highest BCUT2D eigenvalue weighted by atomic mass is 35.5. The van der Waals surface area contributed by atoms with Crippen LogP contribution in [0.5, 0.6) is 0 Å². The molecule has 1 aromatic heterocycles. The first-order valence-electron chi connectivity index (χ1n) is 5.75. The van der Waals surface area contributed by atoms with Gasteiger partial charge in [0.25, 0.3) is 5.91 Å². The predicted molar refractivity (Wildman–Crippen MR) is 65.6 cm³/mol. The number of aliphatic carboxylic acids is 1. The van der Waals surface area contributed by atoms with E-state index in [9.17, 15) is 9.59 Å². The fraction of sp³-hybridized carbons (Fsp3) is 0.417. The van der Waals surface area contributed by atoms with Gasteiger partial charge in [0.05, 0.1) is 5.56 Å². The summed E-state index contributed by atoms with van der Waals surface area (Å²) >= 11 is 5.86. The molecule has 0 aliphatic carbocycles. The lowest BCUT2D eigenvalue weighted by molar-refractivity contribution is -0.143. The number of carbonyl (C=O) groups excluding carboxylic acids is 1. The molecule has 18 heavy (non-hydrogen) atoms. The van der Waals surface area contributed by atoms with E-state index >= 15 is 0 Å². The summed E-state index contributed by atoms with van der Waals surface area (Å²) in [5.74, 6) is -1.33. The normalized spacial score (nSPS) is 19.6. The fourth-order valence-corrected chi connectivity index (χ4v) is 2.33. The van der Waals surface area contributed by atoms with Gasteiger partial charge in [0, 0.05) is 12.7 Å². The second-order valence-electron chi connectivity index (χ2n) is 4.19. The van der Waals surface area contributed by atoms with E-state index in [0.717, 1.165) is 12.8 Å². The highest BCUT2D eigenvalue weighted by molar-refractivity contribution is 6.32. The number of hydrogen-bond donors (Lipinski definition) is 1. The zero-order valence-corrected chi connectivity index (χ0v) is 10.4. The van der Waals surface area contributed by atoms with Crippen molar-refractivity contribution < 1.29 is 14.7 Å². The Kier molecular flexibility index (Phi) is 3.81. The fourth-order valence-electron chi connectivity index (χ4n) is 2.13. The largest absolute Gasteiger partial charge is 0.480 e. The lowest BCUT2D eigenvalue weighted by atomic mass is 10.0. The van der Waals surface area contributed by atoms with Crippen molar-refractivity contribution >= 4 is 23.5 Å². The van der Waals surface area contributed by atoms with E-state index in [1.807, 2.05) is 0 Å². The summed E-state index contributed by atoms with van der Waals surface area (Å²) in [4.78, 5) is 28.6. The first kappa shape index (κ1) is 12.8. The Morgan fingerprint density at radius 3 is 2.89 bits per heavy atom. The van der Waals surface area contributed by atoms with Crippen LogP contribution in [0.15, 0.2) is 18.3 Å². The van der Waals surface area contributed by atoms with Gasteiger partial charge in [-0.3, -0.25) is 4.79 Å². The SMILES string of the molecule is O=C(O)[C@H]1CCCCN1C(=O)c1cccnc1Cl. The summed E-state index contributed by atoms with van der Waals surface area (Å²) < 4.78 is 0. The zero-order valence-electron chi connectivity index (χ0n) is 9.67. The van der Waals surface area contributed by atoms with Crippen molar-refractivity contribution in [2.24, 2.45) is 0 Å². The van der Waals surface area contributed by atoms with E-state index in [-0.39, 0.29) is 16.6 Å². The molecule has 0 spiro atoms. The number of piperidine rings is 1. The summed E-state index contributed by atoms with van der Waals surface area (Å²) in [6.45, 7) is 0.445. The highest BCUT2D eigenvalue weighted by Crippen LogP contribution is 2.22. The molecule has 1 amide bonds. The topological polar surface area (TPSA) is 70.5 Å². The summed E-state index contributed by atoms with van der Waals surface area (Å²) in [6.07, 6.45) is 3.61. The minimum atomic E-state index is -0.969. The molecule has 6 heteroatoms. The minimum absolute atomic E-state index is 0.109. The molecule has 1 aromatic rings. The first-order chi connectivity index (χ1) is 8.61. The Balaban J connectivity index is 2.27. The Hall–Kier alpha value is -1.62. The predicted octanol–water partition coefficient (Wildman–Crippen LogP) is 1.81. The highest BCUT2D eigenvalue weighted by Gasteiger charge is 2.33. The van der Waals surface area contributed by atoms with Crippen LogP contribution in [0.2, 0.25) is 5.15 Å². The number of nitrogens with zero attached hydrogens (tertiary/aromatic N) is 2. The van der Waals surface area contributed by atoms with Crippen molar-refractivity contribution in [3.63, 3.8) is 0 Å². The number of aromatic nitrogens is 1.